The van der Waals surface area contributed by atoms with Crippen molar-refractivity contribution in [3.05, 3.63) is 81.0 Å². The predicted octanol–water partition coefficient (Wildman–Crippen LogP) is 1.72. The summed E-state index contributed by atoms with van der Waals surface area (Å²) in [5, 5.41) is 22.3. The summed E-state index contributed by atoms with van der Waals surface area (Å²) < 4.78 is 5.36. The maximum Gasteiger partial charge on any atom is 0.355 e. The molecule has 3 atom stereocenters. The van der Waals surface area contributed by atoms with E-state index in [1.54, 1.807) is 6.92 Å². The lowest BCUT2D eigenvalue weighted by Gasteiger charge is -2.49. The van der Waals surface area contributed by atoms with Crippen LogP contribution in [0.3, 0.4) is 0 Å². The summed E-state index contributed by atoms with van der Waals surface area (Å²) in [6.07, 6.45) is 0. The zero-order chi connectivity index (χ0) is 25.3. The topological polar surface area (TPSA) is 165 Å². The number of hydrogen-bond acceptors (Lipinski definition) is 9. The van der Waals surface area contributed by atoms with Gasteiger partial charge in [0.1, 0.15) is 35.5 Å². The molecule has 0 radical (unpaired) electrons. The minimum atomic E-state index is -1.03. The van der Waals surface area contributed by atoms with Crippen molar-refractivity contribution in [3.8, 4) is 5.75 Å². The number of ether oxygens (including phenoxy) is 1. The quantitative estimate of drug-likeness (QED) is 0.223. The van der Waals surface area contributed by atoms with E-state index >= 15 is 0 Å². The molecular weight excluding hydrogens is 476 g/mol. The van der Waals surface area contributed by atoms with Crippen LogP contribution in [-0.4, -0.2) is 49.9 Å². The van der Waals surface area contributed by atoms with Gasteiger partial charge in [0.2, 0.25) is 5.91 Å². The second kappa shape index (κ2) is 9.76. The van der Waals surface area contributed by atoms with Crippen molar-refractivity contribution >= 4 is 35.2 Å². The molecule has 2 aromatic carbocycles. The van der Waals surface area contributed by atoms with Crippen molar-refractivity contribution in [2.75, 3.05) is 5.75 Å². The number of aromatic hydroxyl groups is 1. The van der Waals surface area contributed by atoms with Crippen molar-refractivity contribution in [3.63, 3.8) is 0 Å². The number of hydrogen-bond donors (Lipinski definition) is 3. The fourth-order valence-electron chi connectivity index (χ4n) is 3.77. The van der Waals surface area contributed by atoms with E-state index in [0.29, 0.717) is 22.5 Å². The minimum absolute atomic E-state index is 0.0416. The normalized spacial score (nSPS) is 19.9. The Kier molecular flexibility index (Phi) is 6.76. The molecule has 0 spiro atoms. The Morgan fingerprint density at radius 2 is 1.91 bits per heavy atom. The maximum absolute atomic E-state index is 12.9. The van der Waals surface area contributed by atoms with Crippen LogP contribution in [0.1, 0.15) is 24.1 Å². The molecule has 4 rings (SSSR count). The fraction of sp³-hybridized carbons (Fsp3) is 0.261. The van der Waals surface area contributed by atoms with E-state index in [1.165, 1.54) is 65.2 Å². The lowest BCUT2D eigenvalue weighted by Crippen LogP contribution is -2.71. The van der Waals surface area contributed by atoms with Crippen LogP contribution in [0.25, 0.3) is 0 Å². The molecule has 2 heterocycles. The highest BCUT2D eigenvalue weighted by molar-refractivity contribution is 8.00. The van der Waals surface area contributed by atoms with E-state index in [-0.39, 0.29) is 23.7 Å². The summed E-state index contributed by atoms with van der Waals surface area (Å²) in [7, 11) is 0. The average molecular weight is 499 g/mol. The Bertz CT molecular complexity index is 1210. The molecule has 0 aliphatic carbocycles. The smallest absolute Gasteiger partial charge is 0.355 e. The molecule has 0 bridgehead atoms. The predicted molar refractivity (Wildman–Crippen MR) is 126 cm³/mol. The first-order chi connectivity index (χ1) is 16.7. The number of non-ortho nitro benzene ring substituents is 1. The number of benzene rings is 2. The Labute approximate surface area is 204 Å². The summed E-state index contributed by atoms with van der Waals surface area (Å²) in [5.41, 5.74) is 7.77. The van der Waals surface area contributed by atoms with E-state index in [2.05, 4.69) is 5.32 Å². The van der Waals surface area contributed by atoms with E-state index in [1.807, 2.05) is 0 Å². The number of rotatable bonds is 7. The molecule has 2 aliphatic rings. The molecule has 0 saturated carbocycles. The number of esters is 1. The summed E-state index contributed by atoms with van der Waals surface area (Å²) in [6.45, 7) is 1.61. The minimum Gasteiger partial charge on any atom is -0.508 e. The number of thioether (sulfide) groups is 1. The highest BCUT2D eigenvalue weighted by atomic mass is 32.2. The molecule has 0 aromatic heterocycles. The van der Waals surface area contributed by atoms with Gasteiger partial charge in [0.05, 0.1) is 4.92 Å². The second-order valence-electron chi connectivity index (χ2n) is 8.09. The number of fused-ring (bicyclic) bond motifs is 1. The van der Waals surface area contributed by atoms with Crippen molar-refractivity contribution in [1.29, 1.82) is 0 Å². The van der Waals surface area contributed by atoms with Gasteiger partial charge < -0.3 is 20.9 Å². The number of nitrogens with two attached hydrogens (primary N) is 1. The Morgan fingerprint density at radius 1 is 1.26 bits per heavy atom. The van der Waals surface area contributed by atoms with Crippen LogP contribution >= 0.6 is 11.8 Å². The summed E-state index contributed by atoms with van der Waals surface area (Å²) in [4.78, 5) is 49.9. The lowest BCUT2D eigenvalue weighted by molar-refractivity contribution is -0.384. The van der Waals surface area contributed by atoms with Crippen LogP contribution in [0, 0.1) is 10.1 Å². The molecule has 182 valence electrons. The molecule has 2 aliphatic heterocycles. The molecule has 2 amide bonds. The number of nitrogens with zero attached hydrogens (tertiary/aromatic N) is 2. The van der Waals surface area contributed by atoms with Gasteiger partial charge in [-0.15, -0.1) is 11.8 Å². The van der Waals surface area contributed by atoms with Gasteiger partial charge in [0.15, 0.2) is 0 Å². The lowest BCUT2D eigenvalue weighted by atomic mass is 10.0. The zero-order valence-electron chi connectivity index (χ0n) is 18.5. The van der Waals surface area contributed by atoms with E-state index in [4.69, 9.17) is 10.5 Å². The molecule has 4 N–H and O–H groups in total. The molecule has 11 nitrogen and oxygen atoms in total. The van der Waals surface area contributed by atoms with Crippen molar-refractivity contribution in [2.45, 2.75) is 31.0 Å². The van der Waals surface area contributed by atoms with Gasteiger partial charge in [-0.2, -0.15) is 0 Å². The number of nitro benzene ring substituents is 1. The Hall–Kier alpha value is -3.90. The van der Waals surface area contributed by atoms with Gasteiger partial charge >= 0.3 is 5.97 Å². The molecule has 35 heavy (non-hydrogen) atoms. The summed E-state index contributed by atoms with van der Waals surface area (Å²) in [5.74, 6) is -1.18. The summed E-state index contributed by atoms with van der Waals surface area (Å²) in [6, 6.07) is 9.61. The van der Waals surface area contributed by atoms with E-state index in [9.17, 15) is 29.6 Å². The fourth-order valence-corrected chi connectivity index (χ4v) is 5.06. The number of amides is 2. The molecule has 1 unspecified atom stereocenters. The number of phenols is 1. The standard InChI is InChI=1S/C23H22N4O7S/c1-12-11-35-22-18(25-20(29)17(24)14-4-8-16(28)9-5-14)21(30)26(22)19(12)23(31)34-10-13-2-6-15(7-3-13)27(32)33/h2-9,17-18,22,28H,10-11,24H2,1H3,(H,25,29)/t17?,18-,22-/m0/s1. The monoisotopic (exact) mass is 498 g/mol. The molecular formula is C23H22N4O7S. The SMILES string of the molecule is CC1=C(C(=O)OCc2ccc([N+](=O)[O-])cc2)N2C(=O)[C@H](NC(=O)C(N)c3ccc(O)cc3)[C@@H]2SC1. The van der Waals surface area contributed by atoms with Crippen LogP contribution in [0.15, 0.2) is 59.8 Å². The first-order valence-corrected chi connectivity index (χ1v) is 11.6. The molecule has 1 fully saturated rings. The number of nitrogens with one attached hydrogen (secondary N) is 1. The summed E-state index contributed by atoms with van der Waals surface area (Å²) >= 11 is 1.41. The van der Waals surface area contributed by atoms with Crippen LogP contribution in [0.2, 0.25) is 0 Å². The first kappa shape index (κ1) is 24.2. The Morgan fingerprint density at radius 3 is 2.54 bits per heavy atom. The van der Waals surface area contributed by atoms with Crippen LogP contribution < -0.4 is 11.1 Å². The van der Waals surface area contributed by atoms with Crippen LogP contribution in [0.5, 0.6) is 5.75 Å². The van der Waals surface area contributed by atoms with E-state index in [0.717, 1.165) is 0 Å². The van der Waals surface area contributed by atoms with Gasteiger partial charge in [-0.1, -0.05) is 12.1 Å². The van der Waals surface area contributed by atoms with Gasteiger partial charge in [0, 0.05) is 17.9 Å². The third-order valence-electron chi connectivity index (χ3n) is 5.70. The average Bonchev–Trinajstić information content (AvgIpc) is 2.85. The highest BCUT2D eigenvalue weighted by Gasteiger charge is 2.54. The van der Waals surface area contributed by atoms with Crippen molar-refractivity contribution < 1.29 is 29.2 Å². The maximum atomic E-state index is 12.9. The third kappa shape index (κ3) is 4.84. The number of phenolic OH excluding ortho intramolecular Hbond substituents is 1. The van der Waals surface area contributed by atoms with Gasteiger partial charge in [-0.05, 0) is 47.9 Å². The largest absolute Gasteiger partial charge is 0.508 e. The second-order valence-corrected chi connectivity index (χ2v) is 9.20. The molecule has 12 heteroatoms. The van der Waals surface area contributed by atoms with Gasteiger partial charge in [-0.25, -0.2) is 4.79 Å². The molecule has 2 aromatic rings. The van der Waals surface area contributed by atoms with Crippen molar-refractivity contribution in [2.24, 2.45) is 5.73 Å². The zero-order valence-corrected chi connectivity index (χ0v) is 19.4. The first-order valence-electron chi connectivity index (χ1n) is 10.6. The number of β-lactam (4-membered cyclic amide) rings is 1. The third-order valence-corrected chi connectivity index (χ3v) is 7.13. The Balaban J connectivity index is 1.39. The van der Waals surface area contributed by atoms with Crippen LogP contribution in [-0.2, 0) is 25.7 Å². The number of carbonyl (C=O) groups is 3. The van der Waals surface area contributed by atoms with E-state index < -0.39 is 40.2 Å². The van der Waals surface area contributed by atoms with Crippen molar-refractivity contribution in [1.82, 2.24) is 10.2 Å². The van der Waals surface area contributed by atoms with Gasteiger partial charge in [0.25, 0.3) is 11.6 Å². The molecule has 1 saturated heterocycles. The number of nitro groups is 1. The highest BCUT2D eigenvalue weighted by Crippen LogP contribution is 2.40. The number of carbonyl (C=O) groups excluding carboxylic acids is 3. The van der Waals surface area contributed by atoms with Gasteiger partial charge in [-0.3, -0.25) is 24.6 Å². The van der Waals surface area contributed by atoms with Crippen LogP contribution in [0.4, 0.5) is 5.69 Å².